The Balaban J connectivity index is 1.59. The number of hydrogen-bond acceptors (Lipinski definition) is 3. The minimum absolute atomic E-state index is 0.0707. The molecule has 1 aromatic heterocycles. The standard InChI is InChI=1S/C18H23F3N4O/c1-24-15-6-5-13(18(19,20)21)11-14(15)23-16(24)12-22-17(26)7-10-25-8-3-2-4-9-25/h5-6,11H,2-4,7-10,12H2,1H3,(H,22,26). The van der Waals surface area contributed by atoms with Gasteiger partial charge in [-0.2, -0.15) is 13.2 Å². The van der Waals surface area contributed by atoms with Crippen molar-refractivity contribution in [3.63, 3.8) is 0 Å². The van der Waals surface area contributed by atoms with Crippen molar-refractivity contribution < 1.29 is 18.0 Å². The van der Waals surface area contributed by atoms with Gasteiger partial charge in [0.05, 0.1) is 23.1 Å². The lowest BCUT2D eigenvalue weighted by Crippen LogP contribution is -2.34. The van der Waals surface area contributed by atoms with E-state index in [-0.39, 0.29) is 18.0 Å². The Kier molecular flexibility index (Phi) is 5.50. The summed E-state index contributed by atoms with van der Waals surface area (Å²) in [5, 5.41) is 2.81. The number of fused-ring (bicyclic) bond motifs is 1. The number of amides is 1. The topological polar surface area (TPSA) is 50.2 Å². The second kappa shape index (κ2) is 7.65. The molecule has 142 valence electrons. The summed E-state index contributed by atoms with van der Waals surface area (Å²) >= 11 is 0. The minimum atomic E-state index is -4.39. The summed E-state index contributed by atoms with van der Waals surface area (Å²) in [5.41, 5.74) is 0.163. The number of aromatic nitrogens is 2. The number of alkyl halides is 3. The zero-order chi connectivity index (χ0) is 18.7. The predicted molar refractivity (Wildman–Crippen MR) is 92.5 cm³/mol. The van der Waals surface area contributed by atoms with E-state index in [2.05, 4.69) is 15.2 Å². The molecular weight excluding hydrogens is 345 g/mol. The van der Waals surface area contributed by atoms with Crippen molar-refractivity contribution >= 4 is 16.9 Å². The Morgan fingerprint density at radius 3 is 2.65 bits per heavy atom. The van der Waals surface area contributed by atoms with Crippen molar-refractivity contribution in [2.24, 2.45) is 7.05 Å². The maximum atomic E-state index is 12.8. The van der Waals surface area contributed by atoms with Gasteiger partial charge < -0.3 is 14.8 Å². The van der Waals surface area contributed by atoms with Crippen LogP contribution in [0.15, 0.2) is 18.2 Å². The van der Waals surface area contributed by atoms with Crippen molar-refractivity contribution in [3.8, 4) is 0 Å². The maximum Gasteiger partial charge on any atom is 0.416 e. The Hall–Kier alpha value is -2.09. The minimum Gasteiger partial charge on any atom is -0.349 e. The molecule has 0 atom stereocenters. The first-order valence-corrected chi connectivity index (χ1v) is 8.86. The molecule has 1 N–H and O–H groups in total. The van der Waals surface area contributed by atoms with E-state index in [1.165, 1.54) is 25.3 Å². The van der Waals surface area contributed by atoms with Gasteiger partial charge in [-0.3, -0.25) is 4.79 Å². The molecule has 3 rings (SSSR count). The van der Waals surface area contributed by atoms with Crippen LogP contribution in [0.4, 0.5) is 13.2 Å². The monoisotopic (exact) mass is 368 g/mol. The van der Waals surface area contributed by atoms with E-state index in [1.54, 1.807) is 11.6 Å². The summed E-state index contributed by atoms with van der Waals surface area (Å²) in [6.45, 7) is 3.02. The van der Waals surface area contributed by atoms with Crippen molar-refractivity contribution in [2.75, 3.05) is 19.6 Å². The fourth-order valence-electron chi connectivity index (χ4n) is 3.29. The van der Waals surface area contributed by atoms with Gasteiger partial charge >= 0.3 is 6.18 Å². The average Bonchev–Trinajstić information content (AvgIpc) is 2.94. The van der Waals surface area contributed by atoms with Gasteiger partial charge in [0.2, 0.25) is 5.91 Å². The molecule has 2 aromatic rings. The highest BCUT2D eigenvalue weighted by Gasteiger charge is 2.31. The Morgan fingerprint density at radius 1 is 1.23 bits per heavy atom. The summed E-state index contributed by atoms with van der Waals surface area (Å²) < 4.78 is 40.2. The normalized spacial score (nSPS) is 16.2. The molecule has 2 heterocycles. The molecule has 1 saturated heterocycles. The van der Waals surface area contributed by atoms with Crippen LogP contribution in [0.3, 0.4) is 0 Å². The number of aryl methyl sites for hydroxylation is 1. The molecule has 0 spiro atoms. The van der Waals surface area contributed by atoms with E-state index in [4.69, 9.17) is 0 Å². The third kappa shape index (κ3) is 4.35. The summed E-state index contributed by atoms with van der Waals surface area (Å²) in [5.74, 6) is 0.462. The van der Waals surface area contributed by atoms with Crippen LogP contribution in [-0.2, 0) is 24.6 Å². The first-order chi connectivity index (χ1) is 12.3. The number of halogens is 3. The first-order valence-electron chi connectivity index (χ1n) is 8.86. The lowest BCUT2D eigenvalue weighted by atomic mass is 10.1. The van der Waals surface area contributed by atoms with E-state index in [1.807, 2.05) is 0 Å². The zero-order valence-electron chi connectivity index (χ0n) is 14.8. The fraction of sp³-hybridized carbons (Fsp3) is 0.556. The number of piperidine rings is 1. The highest BCUT2D eigenvalue weighted by molar-refractivity contribution is 5.78. The van der Waals surface area contributed by atoms with Crippen LogP contribution in [0.5, 0.6) is 0 Å². The molecule has 0 unspecified atom stereocenters. The van der Waals surface area contributed by atoms with Gasteiger partial charge in [-0.05, 0) is 44.1 Å². The van der Waals surface area contributed by atoms with Gasteiger partial charge in [0.1, 0.15) is 5.82 Å². The van der Waals surface area contributed by atoms with Crippen LogP contribution in [-0.4, -0.2) is 40.0 Å². The second-order valence-corrected chi connectivity index (χ2v) is 6.72. The van der Waals surface area contributed by atoms with Gasteiger partial charge in [0.15, 0.2) is 0 Å². The molecule has 1 aliphatic rings. The SMILES string of the molecule is Cn1c(CNC(=O)CCN2CCCCC2)nc2cc(C(F)(F)F)ccc21. The summed E-state index contributed by atoms with van der Waals surface area (Å²) in [6, 6.07) is 3.49. The number of carbonyl (C=O) groups excluding carboxylic acids is 1. The van der Waals surface area contributed by atoms with E-state index in [0.717, 1.165) is 31.8 Å². The van der Waals surface area contributed by atoms with E-state index >= 15 is 0 Å². The van der Waals surface area contributed by atoms with Gasteiger partial charge in [0, 0.05) is 20.0 Å². The molecule has 1 aromatic carbocycles. The van der Waals surface area contributed by atoms with E-state index in [9.17, 15) is 18.0 Å². The number of imidazole rings is 1. The van der Waals surface area contributed by atoms with Crippen LogP contribution < -0.4 is 5.32 Å². The van der Waals surface area contributed by atoms with Crippen LogP contribution in [0, 0.1) is 0 Å². The van der Waals surface area contributed by atoms with Crippen molar-refractivity contribution in [1.29, 1.82) is 0 Å². The fourth-order valence-corrected chi connectivity index (χ4v) is 3.29. The third-order valence-electron chi connectivity index (χ3n) is 4.85. The number of likely N-dealkylation sites (tertiary alicyclic amines) is 1. The Labute approximate surface area is 150 Å². The molecule has 26 heavy (non-hydrogen) atoms. The van der Waals surface area contributed by atoms with Crippen LogP contribution in [0.25, 0.3) is 11.0 Å². The van der Waals surface area contributed by atoms with E-state index < -0.39 is 11.7 Å². The third-order valence-corrected chi connectivity index (χ3v) is 4.85. The average molecular weight is 368 g/mol. The largest absolute Gasteiger partial charge is 0.416 e. The summed E-state index contributed by atoms with van der Waals surface area (Å²) in [7, 11) is 1.73. The highest BCUT2D eigenvalue weighted by Crippen LogP contribution is 2.31. The van der Waals surface area contributed by atoms with Gasteiger partial charge in [-0.1, -0.05) is 6.42 Å². The Bertz CT molecular complexity index is 779. The van der Waals surface area contributed by atoms with E-state index in [0.29, 0.717) is 17.8 Å². The number of hydrogen-bond donors (Lipinski definition) is 1. The number of nitrogens with one attached hydrogen (secondary N) is 1. The number of carbonyl (C=O) groups is 1. The molecule has 1 fully saturated rings. The zero-order valence-corrected chi connectivity index (χ0v) is 14.8. The van der Waals surface area contributed by atoms with Crippen LogP contribution in [0.1, 0.15) is 37.1 Å². The molecular formula is C18H23F3N4O. The molecule has 0 bridgehead atoms. The second-order valence-electron chi connectivity index (χ2n) is 6.72. The van der Waals surface area contributed by atoms with Crippen LogP contribution >= 0.6 is 0 Å². The molecule has 0 radical (unpaired) electrons. The smallest absolute Gasteiger partial charge is 0.349 e. The van der Waals surface area contributed by atoms with Gasteiger partial charge in [0.25, 0.3) is 0 Å². The van der Waals surface area contributed by atoms with Gasteiger partial charge in [-0.15, -0.1) is 0 Å². The maximum absolute atomic E-state index is 12.8. The van der Waals surface area contributed by atoms with Gasteiger partial charge in [-0.25, -0.2) is 4.98 Å². The van der Waals surface area contributed by atoms with Crippen LogP contribution in [0.2, 0.25) is 0 Å². The number of nitrogens with zero attached hydrogens (tertiary/aromatic N) is 3. The van der Waals surface area contributed by atoms with Crippen molar-refractivity contribution in [3.05, 3.63) is 29.6 Å². The number of rotatable bonds is 5. The molecule has 8 heteroatoms. The summed E-state index contributed by atoms with van der Waals surface area (Å²) in [4.78, 5) is 18.6. The van der Waals surface area contributed by atoms with Crippen molar-refractivity contribution in [1.82, 2.24) is 19.8 Å². The Morgan fingerprint density at radius 2 is 1.96 bits per heavy atom. The molecule has 0 aliphatic carbocycles. The highest BCUT2D eigenvalue weighted by atomic mass is 19.4. The molecule has 1 amide bonds. The molecule has 0 saturated carbocycles. The molecule has 5 nitrogen and oxygen atoms in total. The van der Waals surface area contributed by atoms with Crippen molar-refractivity contribution in [2.45, 2.75) is 38.4 Å². The summed E-state index contributed by atoms with van der Waals surface area (Å²) in [6.07, 6.45) is -0.356. The predicted octanol–water partition coefficient (Wildman–Crippen LogP) is 3.08. The quantitative estimate of drug-likeness (QED) is 0.882. The lowest BCUT2D eigenvalue weighted by molar-refractivity contribution is -0.137. The molecule has 1 aliphatic heterocycles. The first kappa shape index (κ1) is 18.7. The lowest BCUT2D eigenvalue weighted by Gasteiger charge is -2.25. The number of benzene rings is 1.